The van der Waals surface area contributed by atoms with Crippen molar-refractivity contribution in [2.45, 2.75) is 16.5 Å². The molecule has 0 atom stereocenters. The van der Waals surface area contributed by atoms with Crippen molar-refractivity contribution in [3.63, 3.8) is 0 Å². The smallest absolute Gasteiger partial charge is 0.349 e. The van der Waals surface area contributed by atoms with Crippen LogP contribution in [0.2, 0.25) is 0 Å². The minimum Gasteiger partial charge on any atom is -0.462 e. The van der Waals surface area contributed by atoms with E-state index in [9.17, 15) is 14.4 Å². The van der Waals surface area contributed by atoms with Gasteiger partial charge in [-0.2, -0.15) is 0 Å². The SMILES string of the molecule is CCOC(=O)c1cnc(SC(C=O)C=O)s1. The minimum absolute atomic E-state index is 0.296. The normalized spacial score (nSPS) is 10.1. The number of rotatable bonds is 6. The predicted octanol–water partition coefficient (Wildman–Crippen LogP) is 1.18. The van der Waals surface area contributed by atoms with Gasteiger partial charge in [0.2, 0.25) is 0 Å². The van der Waals surface area contributed by atoms with Gasteiger partial charge in [-0.05, 0) is 6.92 Å². The lowest BCUT2D eigenvalue weighted by atomic mass is 10.5. The zero-order valence-electron chi connectivity index (χ0n) is 8.41. The average Bonchev–Trinajstić information content (AvgIpc) is 2.74. The second-order valence-corrected chi connectivity index (χ2v) is 5.02. The number of ether oxygens (including phenoxy) is 1. The Labute approximate surface area is 100 Å². The molecule has 0 radical (unpaired) electrons. The summed E-state index contributed by atoms with van der Waals surface area (Å²) in [6.45, 7) is 2.01. The van der Waals surface area contributed by atoms with E-state index in [-0.39, 0.29) is 0 Å². The molecular formula is C9H9NO4S2. The number of aldehydes is 2. The highest BCUT2D eigenvalue weighted by Crippen LogP contribution is 2.26. The number of esters is 1. The maximum absolute atomic E-state index is 11.3. The third-order valence-corrected chi connectivity index (χ3v) is 3.58. The van der Waals surface area contributed by atoms with Gasteiger partial charge in [0.15, 0.2) is 4.34 Å². The summed E-state index contributed by atoms with van der Waals surface area (Å²) < 4.78 is 5.27. The van der Waals surface area contributed by atoms with Gasteiger partial charge >= 0.3 is 5.97 Å². The number of carbonyl (C=O) groups is 3. The molecule has 0 bridgehead atoms. The third-order valence-electron chi connectivity index (χ3n) is 1.47. The van der Waals surface area contributed by atoms with Crippen LogP contribution in [0.3, 0.4) is 0 Å². The van der Waals surface area contributed by atoms with Crippen LogP contribution in [0, 0.1) is 0 Å². The van der Waals surface area contributed by atoms with Crippen LogP contribution < -0.4 is 0 Å². The van der Waals surface area contributed by atoms with Gasteiger partial charge in [0.05, 0.1) is 12.8 Å². The first-order valence-corrected chi connectivity index (χ1v) is 6.11. The topological polar surface area (TPSA) is 73.3 Å². The highest BCUT2D eigenvalue weighted by molar-refractivity contribution is 8.02. The lowest BCUT2D eigenvalue weighted by Crippen LogP contribution is -2.04. The van der Waals surface area contributed by atoms with Crippen LogP contribution in [-0.4, -0.2) is 35.4 Å². The van der Waals surface area contributed by atoms with E-state index in [1.54, 1.807) is 6.92 Å². The second-order valence-electron chi connectivity index (χ2n) is 2.57. The first-order chi connectivity index (χ1) is 7.71. The summed E-state index contributed by atoms with van der Waals surface area (Å²) in [6, 6.07) is 0. The zero-order chi connectivity index (χ0) is 12.0. The molecule has 0 aromatic carbocycles. The summed E-state index contributed by atoms with van der Waals surface area (Å²) >= 11 is 2.11. The molecule has 1 rings (SSSR count). The van der Waals surface area contributed by atoms with Crippen LogP contribution in [0.1, 0.15) is 16.6 Å². The van der Waals surface area contributed by atoms with E-state index in [2.05, 4.69) is 4.98 Å². The first-order valence-electron chi connectivity index (χ1n) is 4.41. The Hall–Kier alpha value is -1.21. The van der Waals surface area contributed by atoms with Gasteiger partial charge < -0.3 is 14.3 Å². The van der Waals surface area contributed by atoms with Gasteiger partial charge in [0.25, 0.3) is 0 Å². The maximum atomic E-state index is 11.3. The van der Waals surface area contributed by atoms with Gasteiger partial charge in [-0.25, -0.2) is 9.78 Å². The summed E-state index contributed by atoms with van der Waals surface area (Å²) in [5.41, 5.74) is 0. The Bertz CT molecular complexity index is 383. The van der Waals surface area contributed by atoms with E-state index in [0.717, 1.165) is 23.1 Å². The number of nitrogens with zero attached hydrogens (tertiary/aromatic N) is 1. The molecule has 1 aromatic heterocycles. The molecule has 16 heavy (non-hydrogen) atoms. The van der Waals surface area contributed by atoms with Crippen LogP contribution in [0.5, 0.6) is 0 Å². The molecule has 86 valence electrons. The van der Waals surface area contributed by atoms with E-state index < -0.39 is 11.2 Å². The number of thioether (sulfide) groups is 1. The summed E-state index contributed by atoms with van der Waals surface area (Å²) in [6.07, 6.45) is 2.43. The van der Waals surface area contributed by atoms with Crippen LogP contribution in [0.15, 0.2) is 10.5 Å². The Kier molecular flexibility index (Phi) is 5.13. The molecular weight excluding hydrogens is 250 g/mol. The van der Waals surface area contributed by atoms with E-state index >= 15 is 0 Å². The summed E-state index contributed by atoms with van der Waals surface area (Å²) in [7, 11) is 0. The Balaban J connectivity index is 2.67. The largest absolute Gasteiger partial charge is 0.462 e. The van der Waals surface area contributed by atoms with Crippen molar-refractivity contribution in [2.75, 3.05) is 6.61 Å². The lowest BCUT2D eigenvalue weighted by Gasteiger charge is -1.97. The van der Waals surface area contributed by atoms with E-state index in [1.807, 2.05) is 0 Å². The monoisotopic (exact) mass is 259 g/mol. The van der Waals surface area contributed by atoms with Crippen molar-refractivity contribution in [2.24, 2.45) is 0 Å². The molecule has 1 heterocycles. The van der Waals surface area contributed by atoms with Crippen LogP contribution in [-0.2, 0) is 14.3 Å². The summed E-state index contributed by atoms with van der Waals surface area (Å²) in [5.74, 6) is -0.444. The fourth-order valence-electron chi connectivity index (χ4n) is 0.813. The number of hydrogen-bond donors (Lipinski definition) is 0. The first kappa shape index (κ1) is 12.9. The van der Waals surface area contributed by atoms with Gasteiger partial charge in [0, 0.05) is 0 Å². The molecule has 0 fully saturated rings. The molecule has 0 saturated heterocycles. The number of aromatic nitrogens is 1. The number of hydrogen-bond acceptors (Lipinski definition) is 7. The van der Waals surface area contributed by atoms with E-state index in [0.29, 0.717) is 28.4 Å². The predicted molar refractivity (Wildman–Crippen MR) is 59.8 cm³/mol. The molecule has 0 aliphatic heterocycles. The lowest BCUT2D eigenvalue weighted by molar-refractivity contribution is -0.113. The molecule has 1 aromatic rings. The van der Waals surface area contributed by atoms with Crippen LogP contribution >= 0.6 is 23.1 Å². The van der Waals surface area contributed by atoms with Gasteiger partial charge in [0.1, 0.15) is 22.7 Å². The minimum atomic E-state index is -0.777. The van der Waals surface area contributed by atoms with Crippen molar-refractivity contribution in [1.82, 2.24) is 4.98 Å². The van der Waals surface area contributed by atoms with Crippen molar-refractivity contribution >= 4 is 41.6 Å². The molecule has 5 nitrogen and oxygen atoms in total. The van der Waals surface area contributed by atoms with Crippen molar-refractivity contribution in [3.05, 3.63) is 11.1 Å². The highest BCUT2D eigenvalue weighted by Gasteiger charge is 2.15. The number of thiazole rings is 1. The fraction of sp³-hybridized carbons (Fsp3) is 0.333. The molecule has 0 aliphatic carbocycles. The summed E-state index contributed by atoms with van der Waals surface area (Å²) in [4.78, 5) is 36.4. The quantitative estimate of drug-likeness (QED) is 0.330. The molecule has 0 saturated carbocycles. The molecule has 7 heteroatoms. The molecule has 0 N–H and O–H groups in total. The Morgan fingerprint density at radius 3 is 2.88 bits per heavy atom. The molecule has 0 spiro atoms. The highest BCUT2D eigenvalue weighted by atomic mass is 32.2. The van der Waals surface area contributed by atoms with Gasteiger partial charge in [-0.3, -0.25) is 0 Å². The van der Waals surface area contributed by atoms with Gasteiger partial charge in [-0.1, -0.05) is 11.8 Å². The Morgan fingerprint density at radius 1 is 1.62 bits per heavy atom. The molecule has 0 unspecified atom stereocenters. The molecule has 0 aliphatic rings. The van der Waals surface area contributed by atoms with Crippen molar-refractivity contribution in [3.8, 4) is 0 Å². The second kappa shape index (κ2) is 6.39. The summed E-state index contributed by atoms with van der Waals surface area (Å²) in [5, 5.41) is -0.777. The average molecular weight is 259 g/mol. The van der Waals surface area contributed by atoms with Gasteiger partial charge in [-0.15, -0.1) is 11.3 Å². The van der Waals surface area contributed by atoms with Crippen molar-refractivity contribution in [1.29, 1.82) is 0 Å². The maximum Gasteiger partial charge on any atom is 0.349 e. The van der Waals surface area contributed by atoms with Crippen LogP contribution in [0.25, 0.3) is 0 Å². The molecule has 0 amide bonds. The van der Waals surface area contributed by atoms with E-state index in [1.165, 1.54) is 6.20 Å². The van der Waals surface area contributed by atoms with E-state index in [4.69, 9.17) is 4.74 Å². The fourth-order valence-corrected chi connectivity index (χ4v) is 2.61. The standard InChI is InChI=1S/C9H9NO4S2/c1-2-14-8(13)7-3-10-9(16-7)15-6(4-11)5-12/h3-6H,2H2,1H3. The zero-order valence-corrected chi connectivity index (χ0v) is 10.0. The number of carbonyl (C=O) groups excluding carboxylic acids is 3. The third kappa shape index (κ3) is 3.42. The Morgan fingerprint density at radius 2 is 2.31 bits per heavy atom. The van der Waals surface area contributed by atoms with Crippen molar-refractivity contribution < 1.29 is 19.1 Å². The van der Waals surface area contributed by atoms with Crippen LogP contribution in [0.4, 0.5) is 0 Å².